The topological polar surface area (TPSA) is 105 Å². The summed E-state index contributed by atoms with van der Waals surface area (Å²) in [4.78, 5) is 27.4. The number of benzene rings is 2. The van der Waals surface area contributed by atoms with Gasteiger partial charge in [0.25, 0.3) is 0 Å². The molecule has 1 N–H and O–H groups in total. The molecule has 3 rings (SSSR count). The van der Waals surface area contributed by atoms with Gasteiger partial charge in [0.05, 0.1) is 11.9 Å². The van der Waals surface area contributed by atoms with Crippen LogP contribution in [0.3, 0.4) is 0 Å². The van der Waals surface area contributed by atoms with Crippen molar-refractivity contribution in [1.82, 2.24) is 10.2 Å². The number of nitrogens with zero attached hydrogens (tertiary/aromatic N) is 2. The average molecular weight is 494 g/mol. The van der Waals surface area contributed by atoms with Crippen molar-refractivity contribution >= 4 is 27.5 Å². The Morgan fingerprint density at radius 1 is 1.06 bits per heavy atom. The van der Waals surface area contributed by atoms with Crippen LogP contribution in [0.15, 0.2) is 42.5 Å². The first-order valence-corrected chi connectivity index (χ1v) is 12.5. The molecule has 34 heavy (non-hydrogen) atoms. The molecule has 0 saturated heterocycles. The van der Waals surface area contributed by atoms with Gasteiger partial charge in [0.15, 0.2) is 11.5 Å². The first-order valence-electron chi connectivity index (χ1n) is 10.7. The molecule has 0 aliphatic carbocycles. The lowest BCUT2D eigenvalue weighted by atomic mass is 10.1. The molecule has 9 nitrogen and oxygen atoms in total. The Balaban J connectivity index is 1.90. The van der Waals surface area contributed by atoms with Gasteiger partial charge in [-0.15, -0.1) is 0 Å². The third-order valence-electron chi connectivity index (χ3n) is 5.19. The number of carbonyl (C=O) groups is 2. The number of hydrogen-bond acceptors (Lipinski definition) is 6. The lowest BCUT2D eigenvalue weighted by Crippen LogP contribution is -2.52. The number of hydrogen-bond donors (Lipinski definition) is 1. The van der Waals surface area contributed by atoms with Gasteiger partial charge in [0.1, 0.15) is 18.4 Å². The number of anilines is 1. The number of carbonyl (C=O) groups excluding carboxylic acids is 2. The summed E-state index contributed by atoms with van der Waals surface area (Å²) in [6.45, 7) is 4.61. The standard InChI is InChI=1S/C23H28FN3O6S/c1-15(2)25-23(29)16(3)26(12-17-5-7-18(24)8-6-17)22(28)13-27(34(4,30)31)19-9-10-20-21(11-19)33-14-32-20/h5-11,15-16H,12-14H2,1-4H3,(H,25,29). The number of fused-ring (bicyclic) bond motifs is 1. The van der Waals surface area contributed by atoms with E-state index in [-0.39, 0.29) is 31.0 Å². The molecule has 0 bridgehead atoms. The van der Waals surface area contributed by atoms with Crippen molar-refractivity contribution in [1.29, 1.82) is 0 Å². The Bertz CT molecular complexity index is 1150. The summed E-state index contributed by atoms with van der Waals surface area (Å²) in [6, 6.07) is 9.03. The van der Waals surface area contributed by atoms with Crippen LogP contribution in [0.2, 0.25) is 0 Å². The molecule has 0 radical (unpaired) electrons. The molecule has 0 fully saturated rings. The van der Waals surface area contributed by atoms with E-state index in [1.54, 1.807) is 26.8 Å². The Labute approximate surface area is 198 Å². The van der Waals surface area contributed by atoms with Crippen molar-refractivity contribution in [3.05, 3.63) is 53.8 Å². The van der Waals surface area contributed by atoms with E-state index >= 15 is 0 Å². The molecular formula is C23H28FN3O6S. The zero-order chi connectivity index (χ0) is 25.0. The van der Waals surface area contributed by atoms with Crippen LogP contribution in [0.4, 0.5) is 10.1 Å². The number of rotatable bonds is 9. The van der Waals surface area contributed by atoms with Crippen LogP contribution in [0.1, 0.15) is 26.3 Å². The van der Waals surface area contributed by atoms with Crippen molar-refractivity contribution in [3.63, 3.8) is 0 Å². The fraction of sp³-hybridized carbons (Fsp3) is 0.391. The third-order valence-corrected chi connectivity index (χ3v) is 6.33. The van der Waals surface area contributed by atoms with E-state index < -0.39 is 34.3 Å². The second-order valence-corrected chi connectivity index (χ2v) is 10.2. The van der Waals surface area contributed by atoms with E-state index in [0.717, 1.165) is 10.6 Å². The third kappa shape index (κ3) is 6.16. The predicted octanol–water partition coefficient (Wildman–Crippen LogP) is 2.26. The summed E-state index contributed by atoms with van der Waals surface area (Å²) in [5, 5.41) is 2.76. The number of nitrogens with one attached hydrogen (secondary N) is 1. The summed E-state index contributed by atoms with van der Waals surface area (Å²) in [5.41, 5.74) is 0.814. The average Bonchev–Trinajstić information content (AvgIpc) is 3.23. The molecule has 0 spiro atoms. The van der Waals surface area contributed by atoms with E-state index in [1.807, 2.05) is 0 Å². The number of halogens is 1. The monoisotopic (exact) mass is 493 g/mol. The van der Waals surface area contributed by atoms with Crippen LogP contribution in [0, 0.1) is 5.82 Å². The normalized spacial score (nSPS) is 13.5. The van der Waals surface area contributed by atoms with Gasteiger partial charge < -0.3 is 19.7 Å². The van der Waals surface area contributed by atoms with Gasteiger partial charge in [-0.3, -0.25) is 13.9 Å². The minimum Gasteiger partial charge on any atom is -0.454 e. The van der Waals surface area contributed by atoms with Crippen molar-refractivity contribution in [2.45, 2.75) is 39.4 Å². The summed E-state index contributed by atoms with van der Waals surface area (Å²) in [7, 11) is -3.87. The van der Waals surface area contributed by atoms with E-state index in [4.69, 9.17) is 9.47 Å². The quantitative estimate of drug-likeness (QED) is 0.575. The largest absolute Gasteiger partial charge is 0.454 e. The highest BCUT2D eigenvalue weighted by Gasteiger charge is 2.31. The Morgan fingerprint density at radius 3 is 2.32 bits per heavy atom. The molecule has 184 valence electrons. The molecule has 0 saturated carbocycles. The summed E-state index contributed by atoms with van der Waals surface area (Å²) in [5.74, 6) is -0.580. The van der Waals surface area contributed by atoms with Crippen LogP contribution < -0.4 is 19.1 Å². The number of ether oxygens (including phenoxy) is 2. The van der Waals surface area contributed by atoms with Crippen molar-refractivity contribution in [2.24, 2.45) is 0 Å². The van der Waals surface area contributed by atoms with Crippen LogP contribution >= 0.6 is 0 Å². The number of sulfonamides is 1. The molecule has 2 amide bonds. The fourth-order valence-electron chi connectivity index (χ4n) is 3.43. The maximum Gasteiger partial charge on any atom is 0.244 e. The first kappa shape index (κ1) is 25.3. The zero-order valence-corrected chi connectivity index (χ0v) is 20.3. The minimum atomic E-state index is -3.87. The van der Waals surface area contributed by atoms with Crippen LogP contribution in [-0.2, 0) is 26.2 Å². The summed E-state index contributed by atoms with van der Waals surface area (Å²) < 4.78 is 50.1. The van der Waals surface area contributed by atoms with Crippen LogP contribution in [-0.4, -0.2) is 56.8 Å². The van der Waals surface area contributed by atoms with Crippen LogP contribution in [0.5, 0.6) is 11.5 Å². The van der Waals surface area contributed by atoms with Gasteiger partial charge in [-0.05, 0) is 50.6 Å². The molecule has 11 heteroatoms. The van der Waals surface area contributed by atoms with E-state index in [1.165, 1.54) is 41.3 Å². The highest BCUT2D eigenvalue weighted by Crippen LogP contribution is 2.36. The van der Waals surface area contributed by atoms with Gasteiger partial charge in [0.2, 0.25) is 28.6 Å². The second kappa shape index (κ2) is 10.3. The lowest BCUT2D eigenvalue weighted by Gasteiger charge is -2.32. The smallest absolute Gasteiger partial charge is 0.244 e. The van der Waals surface area contributed by atoms with Gasteiger partial charge in [-0.1, -0.05) is 12.1 Å². The Kier molecular flexibility index (Phi) is 7.65. The molecule has 1 atom stereocenters. The first-order chi connectivity index (χ1) is 16.0. The summed E-state index contributed by atoms with van der Waals surface area (Å²) in [6.07, 6.45) is 0.990. The lowest BCUT2D eigenvalue weighted by molar-refractivity contribution is -0.139. The van der Waals surface area contributed by atoms with E-state index in [0.29, 0.717) is 17.1 Å². The molecule has 0 aromatic heterocycles. The van der Waals surface area contributed by atoms with Gasteiger partial charge >= 0.3 is 0 Å². The van der Waals surface area contributed by atoms with Gasteiger partial charge in [0, 0.05) is 18.7 Å². The van der Waals surface area contributed by atoms with Crippen LogP contribution in [0.25, 0.3) is 0 Å². The molecule has 1 heterocycles. The Hall–Kier alpha value is -3.34. The molecule has 2 aromatic rings. The highest BCUT2D eigenvalue weighted by atomic mass is 32.2. The maximum absolute atomic E-state index is 13.4. The van der Waals surface area contributed by atoms with E-state index in [2.05, 4.69) is 5.32 Å². The Morgan fingerprint density at radius 2 is 1.71 bits per heavy atom. The van der Waals surface area contributed by atoms with Crippen molar-refractivity contribution < 1.29 is 31.9 Å². The molecule has 1 aliphatic rings. The van der Waals surface area contributed by atoms with Gasteiger partial charge in [-0.2, -0.15) is 0 Å². The predicted molar refractivity (Wildman–Crippen MR) is 124 cm³/mol. The fourth-order valence-corrected chi connectivity index (χ4v) is 4.27. The zero-order valence-electron chi connectivity index (χ0n) is 19.4. The second-order valence-electron chi connectivity index (χ2n) is 8.29. The summed E-state index contributed by atoms with van der Waals surface area (Å²) >= 11 is 0. The number of amides is 2. The highest BCUT2D eigenvalue weighted by molar-refractivity contribution is 7.92. The molecular weight excluding hydrogens is 465 g/mol. The molecule has 2 aromatic carbocycles. The molecule has 1 aliphatic heterocycles. The van der Waals surface area contributed by atoms with E-state index in [9.17, 15) is 22.4 Å². The molecule has 1 unspecified atom stereocenters. The van der Waals surface area contributed by atoms with Crippen molar-refractivity contribution in [3.8, 4) is 11.5 Å². The minimum absolute atomic E-state index is 0.00939. The van der Waals surface area contributed by atoms with Gasteiger partial charge in [-0.25, -0.2) is 12.8 Å². The maximum atomic E-state index is 13.4. The SMILES string of the molecule is CC(C)NC(=O)C(C)N(Cc1ccc(F)cc1)C(=O)CN(c1ccc2c(c1)OCO2)S(C)(=O)=O. The van der Waals surface area contributed by atoms with Crippen molar-refractivity contribution in [2.75, 3.05) is 23.9 Å².